The van der Waals surface area contributed by atoms with Crippen LogP contribution in [0.2, 0.25) is 0 Å². The highest BCUT2D eigenvalue weighted by atomic mass is 32.1. The lowest BCUT2D eigenvalue weighted by Gasteiger charge is -2.28. The zero-order valence-corrected chi connectivity index (χ0v) is 31.3. The minimum atomic E-state index is 1.05. The van der Waals surface area contributed by atoms with Crippen molar-refractivity contribution in [3.05, 3.63) is 194 Å². The van der Waals surface area contributed by atoms with Crippen molar-refractivity contribution in [1.82, 2.24) is 4.98 Å². The maximum absolute atomic E-state index is 5.06. The monoisotopic (exact) mass is 736 g/mol. The maximum Gasteiger partial charge on any atom is 0.124 e. The van der Waals surface area contributed by atoms with Gasteiger partial charge in [-0.3, -0.25) is 0 Å². The molecule has 0 aliphatic rings. The molecule has 0 bridgehead atoms. The van der Waals surface area contributed by atoms with Gasteiger partial charge in [-0.1, -0.05) is 146 Å². The van der Waals surface area contributed by atoms with Crippen molar-refractivity contribution in [3.8, 4) is 32.8 Å². The Kier molecular flexibility index (Phi) is 7.58. The van der Waals surface area contributed by atoms with Crippen molar-refractivity contribution >= 4 is 91.7 Å². The van der Waals surface area contributed by atoms with Crippen molar-refractivity contribution < 1.29 is 0 Å². The number of thiazole rings is 1. The first-order chi connectivity index (χ1) is 27.3. The van der Waals surface area contributed by atoms with Gasteiger partial charge in [0.1, 0.15) is 5.01 Å². The molecule has 11 aromatic rings. The number of nitrogens with zero attached hydrogens (tertiary/aromatic N) is 2. The van der Waals surface area contributed by atoms with Crippen LogP contribution >= 0.6 is 22.7 Å². The predicted molar refractivity (Wildman–Crippen MR) is 239 cm³/mol. The maximum atomic E-state index is 5.06. The van der Waals surface area contributed by atoms with Gasteiger partial charge in [0.25, 0.3) is 0 Å². The molecule has 55 heavy (non-hydrogen) atoms. The Hall–Kier alpha value is -6.59. The van der Waals surface area contributed by atoms with Gasteiger partial charge in [-0.25, -0.2) is 4.98 Å². The number of anilines is 3. The number of para-hydroxylation sites is 1. The van der Waals surface area contributed by atoms with E-state index in [2.05, 4.69) is 199 Å². The molecule has 2 aromatic heterocycles. The summed E-state index contributed by atoms with van der Waals surface area (Å²) in [6, 6.07) is 70.3. The summed E-state index contributed by atoms with van der Waals surface area (Å²) in [7, 11) is 0. The van der Waals surface area contributed by atoms with Gasteiger partial charge in [-0.05, 0) is 86.8 Å². The lowest BCUT2D eigenvalue weighted by atomic mass is 9.93. The largest absolute Gasteiger partial charge is 0.310 e. The predicted octanol–water partition coefficient (Wildman–Crippen LogP) is 15.4. The molecule has 0 saturated carbocycles. The number of rotatable bonds is 6. The topological polar surface area (TPSA) is 16.1 Å². The van der Waals surface area contributed by atoms with Crippen LogP contribution in [0.3, 0.4) is 0 Å². The molecule has 0 spiro atoms. The molecule has 0 amide bonds. The number of thiophene rings is 1. The van der Waals surface area contributed by atoms with Gasteiger partial charge in [-0.2, -0.15) is 0 Å². The lowest BCUT2D eigenvalue weighted by molar-refractivity contribution is 1.29. The molecule has 0 radical (unpaired) electrons. The van der Waals surface area contributed by atoms with Crippen LogP contribution in [-0.4, -0.2) is 4.98 Å². The van der Waals surface area contributed by atoms with E-state index in [4.69, 9.17) is 4.98 Å². The second-order valence-electron chi connectivity index (χ2n) is 13.9. The molecular formula is C51H32N2S2. The van der Waals surface area contributed by atoms with Gasteiger partial charge >= 0.3 is 0 Å². The third-order valence-corrected chi connectivity index (χ3v) is 12.9. The van der Waals surface area contributed by atoms with Crippen LogP contribution in [-0.2, 0) is 0 Å². The highest BCUT2D eigenvalue weighted by Crippen LogP contribution is 2.47. The second-order valence-corrected chi connectivity index (χ2v) is 16.0. The van der Waals surface area contributed by atoms with Gasteiger partial charge in [-0.15, -0.1) is 22.7 Å². The van der Waals surface area contributed by atoms with E-state index in [9.17, 15) is 0 Å². The lowest BCUT2D eigenvalue weighted by Crippen LogP contribution is -2.11. The first kappa shape index (κ1) is 31.9. The average Bonchev–Trinajstić information content (AvgIpc) is 3.86. The van der Waals surface area contributed by atoms with Crippen LogP contribution in [0.4, 0.5) is 17.1 Å². The Labute approximate surface area is 326 Å². The minimum absolute atomic E-state index is 1.05. The van der Waals surface area contributed by atoms with Crippen LogP contribution in [0.15, 0.2) is 194 Å². The summed E-state index contributed by atoms with van der Waals surface area (Å²) in [5.41, 5.74) is 10.4. The number of aromatic nitrogens is 1. The Morgan fingerprint density at radius 2 is 1.05 bits per heavy atom. The highest BCUT2D eigenvalue weighted by Gasteiger charge is 2.20. The summed E-state index contributed by atoms with van der Waals surface area (Å²) >= 11 is 3.65. The van der Waals surface area contributed by atoms with Crippen LogP contribution in [0.1, 0.15) is 0 Å². The van der Waals surface area contributed by atoms with Crippen molar-refractivity contribution in [2.75, 3.05) is 4.90 Å². The fourth-order valence-electron chi connectivity index (χ4n) is 8.12. The van der Waals surface area contributed by atoms with Gasteiger partial charge in [0.05, 0.1) is 15.9 Å². The summed E-state index contributed by atoms with van der Waals surface area (Å²) in [5.74, 6) is 0. The van der Waals surface area contributed by atoms with Gasteiger partial charge in [0.15, 0.2) is 0 Å². The second kappa shape index (κ2) is 13.1. The zero-order chi connectivity index (χ0) is 36.3. The number of hydrogen-bond acceptors (Lipinski definition) is 4. The summed E-state index contributed by atoms with van der Waals surface area (Å²) in [5, 5.41) is 8.71. The molecule has 0 aliphatic heterocycles. The molecule has 258 valence electrons. The molecule has 9 aromatic carbocycles. The van der Waals surface area contributed by atoms with Gasteiger partial charge in [0, 0.05) is 42.7 Å². The van der Waals surface area contributed by atoms with Crippen molar-refractivity contribution in [2.45, 2.75) is 0 Å². The van der Waals surface area contributed by atoms with Crippen LogP contribution < -0.4 is 4.90 Å². The molecule has 0 N–H and O–H groups in total. The molecule has 0 atom stereocenters. The SMILES string of the molecule is c1ccc(-c2nc3ccc4sc5cc(N(c6ccc(-c7cc8ccccc8c8ccccc78)cc6)c6ccccc6-c6ccccc6)ccc5c4c3s2)cc1. The van der Waals surface area contributed by atoms with E-state index in [0.717, 1.165) is 33.1 Å². The Morgan fingerprint density at radius 1 is 0.400 bits per heavy atom. The molecule has 0 aliphatic carbocycles. The average molecular weight is 737 g/mol. The standard InChI is InChI=1S/C51H32N2S2/c1-3-13-33(14-4-1)40-19-11-12-22-46(40)53(37-25-23-34(24-26-37)44-31-36-17-7-8-18-39(36)41-20-9-10-21-42(41)44)38-27-28-43-48(32-38)54-47-30-29-45-50(49(43)47)55-51(52-45)35-15-5-2-6-16-35/h1-32H. The van der Waals surface area contributed by atoms with Crippen molar-refractivity contribution in [1.29, 1.82) is 0 Å². The first-order valence-electron chi connectivity index (χ1n) is 18.5. The van der Waals surface area contributed by atoms with E-state index in [-0.39, 0.29) is 0 Å². The van der Waals surface area contributed by atoms with E-state index in [0.29, 0.717) is 0 Å². The van der Waals surface area contributed by atoms with E-state index in [1.165, 1.54) is 68.7 Å². The fourth-order valence-corrected chi connectivity index (χ4v) is 10.5. The molecule has 0 saturated heterocycles. The summed E-state index contributed by atoms with van der Waals surface area (Å²) in [4.78, 5) is 7.48. The molecular weight excluding hydrogens is 705 g/mol. The van der Waals surface area contributed by atoms with Gasteiger partial charge in [0.2, 0.25) is 0 Å². The summed E-state index contributed by atoms with van der Waals surface area (Å²) in [6.07, 6.45) is 0. The molecule has 2 heterocycles. The number of benzene rings is 9. The number of hydrogen-bond donors (Lipinski definition) is 0. The van der Waals surface area contributed by atoms with Crippen LogP contribution in [0.5, 0.6) is 0 Å². The third-order valence-electron chi connectivity index (χ3n) is 10.7. The summed E-state index contributed by atoms with van der Waals surface area (Å²) < 4.78 is 3.79. The fraction of sp³-hybridized carbons (Fsp3) is 0. The van der Waals surface area contributed by atoms with E-state index in [1.54, 1.807) is 11.3 Å². The van der Waals surface area contributed by atoms with E-state index < -0.39 is 0 Å². The quantitative estimate of drug-likeness (QED) is 0.158. The molecule has 2 nitrogen and oxygen atoms in total. The van der Waals surface area contributed by atoms with Crippen LogP contribution in [0.25, 0.3) is 84.8 Å². The minimum Gasteiger partial charge on any atom is -0.310 e. The van der Waals surface area contributed by atoms with E-state index in [1.807, 2.05) is 11.3 Å². The zero-order valence-electron chi connectivity index (χ0n) is 29.7. The van der Waals surface area contributed by atoms with Crippen molar-refractivity contribution in [2.24, 2.45) is 0 Å². The Morgan fingerprint density at radius 3 is 1.87 bits per heavy atom. The molecule has 0 fully saturated rings. The van der Waals surface area contributed by atoms with E-state index >= 15 is 0 Å². The number of fused-ring (bicyclic) bond motifs is 8. The first-order valence-corrected chi connectivity index (χ1v) is 20.2. The normalized spacial score (nSPS) is 11.6. The molecule has 4 heteroatoms. The third kappa shape index (κ3) is 5.41. The smallest absolute Gasteiger partial charge is 0.124 e. The Bertz CT molecular complexity index is 3200. The molecule has 0 unspecified atom stereocenters. The summed E-state index contributed by atoms with van der Waals surface area (Å²) in [6.45, 7) is 0. The Balaban J connectivity index is 1.08. The van der Waals surface area contributed by atoms with Crippen LogP contribution in [0, 0.1) is 0 Å². The highest BCUT2D eigenvalue weighted by molar-refractivity contribution is 7.28. The van der Waals surface area contributed by atoms with Gasteiger partial charge < -0.3 is 4.90 Å². The molecule has 11 rings (SSSR count). The van der Waals surface area contributed by atoms with Crippen molar-refractivity contribution in [3.63, 3.8) is 0 Å².